The number of rotatable bonds is 6. The summed E-state index contributed by atoms with van der Waals surface area (Å²) in [5, 5.41) is 11.1. The molecule has 162 valence electrons. The van der Waals surface area contributed by atoms with Gasteiger partial charge in [-0.2, -0.15) is 0 Å². The molecule has 2 aliphatic rings. The van der Waals surface area contributed by atoms with E-state index in [0.29, 0.717) is 43.2 Å². The number of likely N-dealkylation sites (tertiary alicyclic amines) is 1. The van der Waals surface area contributed by atoms with Crippen LogP contribution in [-0.2, 0) is 9.59 Å². The van der Waals surface area contributed by atoms with Gasteiger partial charge in [0.2, 0.25) is 0 Å². The van der Waals surface area contributed by atoms with Crippen molar-refractivity contribution in [3.8, 4) is 11.5 Å². The van der Waals surface area contributed by atoms with Gasteiger partial charge in [-0.15, -0.1) is 0 Å². The summed E-state index contributed by atoms with van der Waals surface area (Å²) >= 11 is 0. The smallest absolute Gasteiger partial charge is 0.295 e. The Morgan fingerprint density at radius 3 is 2.55 bits per heavy atom. The highest BCUT2D eigenvalue weighted by Gasteiger charge is 2.45. The second-order valence-corrected chi connectivity index (χ2v) is 7.79. The van der Waals surface area contributed by atoms with E-state index in [2.05, 4.69) is 4.98 Å². The number of pyridine rings is 1. The summed E-state index contributed by atoms with van der Waals surface area (Å²) in [6.45, 7) is 2.03. The maximum atomic E-state index is 13.0. The Kier molecular flexibility index (Phi) is 5.90. The minimum atomic E-state index is -0.695. The van der Waals surface area contributed by atoms with Crippen molar-refractivity contribution in [2.75, 3.05) is 40.4 Å². The molecule has 0 saturated carbocycles. The van der Waals surface area contributed by atoms with Crippen LogP contribution in [0.5, 0.6) is 11.5 Å². The zero-order chi connectivity index (χ0) is 22.0. The molecular formula is C23H25N3O5. The van der Waals surface area contributed by atoms with Gasteiger partial charge in [0.25, 0.3) is 11.7 Å². The molecule has 4 rings (SSSR count). The highest BCUT2D eigenvalue weighted by atomic mass is 16.6. The lowest BCUT2D eigenvalue weighted by Crippen LogP contribution is -2.32. The van der Waals surface area contributed by atoms with E-state index < -0.39 is 17.7 Å². The molecule has 8 nitrogen and oxygen atoms in total. The third kappa shape index (κ3) is 4.11. The van der Waals surface area contributed by atoms with E-state index in [4.69, 9.17) is 9.47 Å². The Morgan fingerprint density at radius 2 is 1.84 bits per heavy atom. The SMILES string of the molecule is CN(C)CCCN1C(=O)C(=O)C(=C(O)c2ccc3c(c2)OCCO3)[C@H]1c1ccncc1. The number of ketones is 1. The fraction of sp³-hybridized carbons (Fsp3) is 0.348. The van der Waals surface area contributed by atoms with Gasteiger partial charge in [-0.05, 0) is 63.0 Å². The number of Topliss-reactive ketones (excluding diaryl/α,β-unsaturated/α-hetero) is 1. The van der Waals surface area contributed by atoms with E-state index in [1.807, 2.05) is 19.0 Å². The number of aromatic nitrogens is 1. The van der Waals surface area contributed by atoms with Crippen molar-refractivity contribution in [2.45, 2.75) is 12.5 Å². The Hall–Kier alpha value is -3.39. The third-order valence-corrected chi connectivity index (χ3v) is 5.38. The first-order chi connectivity index (χ1) is 15.0. The topological polar surface area (TPSA) is 92.2 Å². The number of benzene rings is 1. The lowest BCUT2D eigenvalue weighted by atomic mass is 9.95. The Balaban J connectivity index is 1.76. The molecule has 1 aromatic carbocycles. The molecule has 0 radical (unpaired) electrons. The summed E-state index contributed by atoms with van der Waals surface area (Å²) in [7, 11) is 3.91. The summed E-state index contributed by atoms with van der Waals surface area (Å²) in [6, 6.07) is 7.81. The summed E-state index contributed by atoms with van der Waals surface area (Å²) in [4.78, 5) is 33.5. The second-order valence-electron chi connectivity index (χ2n) is 7.79. The molecule has 1 aromatic heterocycles. The monoisotopic (exact) mass is 423 g/mol. The van der Waals surface area contributed by atoms with Crippen LogP contribution in [0.2, 0.25) is 0 Å². The largest absolute Gasteiger partial charge is 0.507 e. The zero-order valence-corrected chi connectivity index (χ0v) is 17.6. The first-order valence-electron chi connectivity index (χ1n) is 10.2. The van der Waals surface area contributed by atoms with Gasteiger partial charge in [0.1, 0.15) is 19.0 Å². The van der Waals surface area contributed by atoms with Crippen LogP contribution >= 0.6 is 0 Å². The quantitative estimate of drug-likeness (QED) is 0.433. The molecular weight excluding hydrogens is 398 g/mol. The molecule has 1 amide bonds. The first-order valence-corrected chi connectivity index (χ1v) is 10.2. The summed E-state index contributed by atoms with van der Waals surface area (Å²) in [6.07, 6.45) is 3.92. The Labute approximate surface area is 180 Å². The third-order valence-electron chi connectivity index (χ3n) is 5.38. The number of amides is 1. The van der Waals surface area contributed by atoms with Crippen molar-refractivity contribution in [1.29, 1.82) is 0 Å². The van der Waals surface area contributed by atoms with Crippen LogP contribution in [0.3, 0.4) is 0 Å². The number of carbonyl (C=O) groups is 2. The van der Waals surface area contributed by atoms with Crippen LogP contribution in [-0.4, -0.2) is 72.0 Å². The van der Waals surface area contributed by atoms with Crippen molar-refractivity contribution >= 4 is 17.4 Å². The predicted octanol–water partition coefficient (Wildman–Crippen LogP) is 2.23. The molecule has 1 atom stereocenters. The highest BCUT2D eigenvalue weighted by Crippen LogP contribution is 2.40. The lowest BCUT2D eigenvalue weighted by molar-refractivity contribution is -0.139. The molecule has 0 spiro atoms. The van der Waals surface area contributed by atoms with Crippen LogP contribution in [0.1, 0.15) is 23.6 Å². The van der Waals surface area contributed by atoms with E-state index in [0.717, 1.165) is 12.1 Å². The molecule has 1 fully saturated rings. The summed E-state index contributed by atoms with van der Waals surface area (Å²) < 4.78 is 11.1. The maximum absolute atomic E-state index is 13.0. The first kappa shape index (κ1) is 20.9. The predicted molar refractivity (Wildman–Crippen MR) is 114 cm³/mol. The van der Waals surface area contributed by atoms with E-state index in [-0.39, 0.29) is 11.3 Å². The van der Waals surface area contributed by atoms with E-state index in [1.165, 1.54) is 4.90 Å². The zero-order valence-electron chi connectivity index (χ0n) is 17.6. The van der Waals surface area contributed by atoms with Gasteiger partial charge in [-0.25, -0.2) is 0 Å². The van der Waals surface area contributed by atoms with Gasteiger partial charge in [0.05, 0.1) is 11.6 Å². The van der Waals surface area contributed by atoms with Crippen LogP contribution in [0.25, 0.3) is 5.76 Å². The van der Waals surface area contributed by atoms with Crippen LogP contribution < -0.4 is 9.47 Å². The van der Waals surface area contributed by atoms with Gasteiger partial charge >= 0.3 is 0 Å². The number of hydrogen-bond acceptors (Lipinski definition) is 7. The standard InChI is InChI=1S/C23H25N3O5/c1-25(2)10-3-11-26-20(15-6-8-24-9-7-15)19(22(28)23(26)29)21(27)16-4-5-17-18(14-16)31-13-12-30-17/h4-9,14,20,27H,3,10-13H2,1-2H3/t20-/m1/s1. The maximum Gasteiger partial charge on any atom is 0.295 e. The van der Waals surface area contributed by atoms with Gasteiger partial charge in [-0.1, -0.05) is 0 Å². The number of aliphatic hydroxyl groups is 1. The van der Waals surface area contributed by atoms with Crippen molar-refractivity contribution in [2.24, 2.45) is 0 Å². The molecule has 3 heterocycles. The molecule has 8 heteroatoms. The average Bonchev–Trinajstić information content (AvgIpc) is 3.03. The summed E-state index contributed by atoms with van der Waals surface area (Å²) in [5.74, 6) is -0.459. The van der Waals surface area contributed by atoms with Crippen LogP contribution in [0.4, 0.5) is 0 Å². The number of carbonyl (C=O) groups excluding carboxylic acids is 2. The van der Waals surface area contributed by atoms with Crippen LogP contribution in [0, 0.1) is 0 Å². The number of aliphatic hydroxyl groups excluding tert-OH is 1. The van der Waals surface area contributed by atoms with E-state index >= 15 is 0 Å². The molecule has 1 N–H and O–H groups in total. The molecule has 0 aliphatic carbocycles. The Morgan fingerprint density at radius 1 is 1.13 bits per heavy atom. The van der Waals surface area contributed by atoms with E-state index in [1.54, 1.807) is 42.7 Å². The Bertz CT molecular complexity index is 1020. The van der Waals surface area contributed by atoms with Gasteiger partial charge in [0.15, 0.2) is 11.5 Å². The summed E-state index contributed by atoms with van der Waals surface area (Å²) in [5.41, 5.74) is 1.19. The minimum absolute atomic E-state index is 0.0673. The molecule has 1 saturated heterocycles. The number of ether oxygens (including phenoxy) is 2. The van der Waals surface area contributed by atoms with E-state index in [9.17, 15) is 14.7 Å². The molecule has 31 heavy (non-hydrogen) atoms. The normalized spacial score (nSPS) is 19.8. The van der Waals surface area contributed by atoms with Crippen molar-refractivity contribution in [3.05, 3.63) is 59.4 Å². The molecule has 2 aliphatic heterocycles. The average molecular weight is 423 g/mol. The highest BCUT2D eigenvalue weighted by molar-refractivity contribution is 6.46. The molecule has 0 unspecified atom stereocenters. The minimum Gasteiger partial charge on any atom is -0.507 e. The number of fused-ring (bicyclic) bond motifs is 1. The van der Waals surface area contributed by atoms with Crippen molar-refractivity contribution in [3.63, 3.8) is 0 Å². The number of nitrogens with zero attached hydrogens (tertiary/aromatic N) is 3. The fourth-order valence-corrected chi connectivity index (χ4v) is 3.91. The van der Waals surface area contributed by atoms with Crippen molar-refractivity contribution < 1.29 is 24.2 Å². The van der Waals surface area contributed by atoms with Crippen molar-refractivity contribution in [1.82, 2.24) is 14.8 Å². The van der Waals surface area contributed by atoms with Gasteiger partial charge < -0.3 is 24.4 Å². The van der Waals surface area contributed by atoms with Crippen LogP contribution in [0.15, 0.2) is 48.3 Å². The molecule has 2 aromatic rings. The van der Waals surface area contributed by atoms with Gasteiger partial charge in [0, 0.05) is 24.5 Å². The fourth-order valence-electron chi connectivity index (χ4n) is 3.91. The number of hydrogen-bond donors (Lipinski definition) is 1. The molecule has 0 bridgehead atoms. The lowest BCUT2D eigenvalue weighted by Gasteiger charge is -2.26. The van der Waals surface area contributed by atoms with Gasteiger partial charge in [-0.3, -0.25) is 14.6 Å². The second kappa shape index (κ2) is 8.77.